The minimum Gasteiger partial charge on any atom is -0.482 e. The summed E-state index contributed by atoms with van der Waals surface area (Å²) in [5.74, 6) is -0.924. The fourth-order valence-electron chi connectivity index (χ4n) is 11.4. The molecule has 7 atom stereocenters. The second kappa shape index (κ2) is 13.7. The van der Waals surface area contributed by atoms with Crippen molar-refractivity contribution in [3.63, 3.8) is 0 Å². The van der Waals surface area contributed by atoms with Crippen LogP contribution in [0.1, 0.15) is 114 Å². The summed E-state index contributed by atoms with van der Waals surface area (Å²) in [6.45, 7) is 16.2. The maximum absolute atomic E-state index is 15.7. The Morgan fingerprint density at radius 1 is 0.983 bits per heavy atom. The molecule has 4 heterocycles. The molecule has 10 rings (SSSR count). The molecule has 4 fully saturated rings. The molecular formula is C49H52BrNO8. The van der Waals surface area contributed by atoms with Crippen LogP contribution in [0.25, 0.3) is 11.8 Å². The van der Waals surface area contributed by atoms with Gasteiger partial charge in [0.05, 0.1) is 41.2 Å². The van der Waals surface area contributed by atoms with Crippen molar-refractivity contribution in [3.05, 3.63) is 98.7 Å². The number of allylic oxidation sites excluding steroid dienone is 4. The lowest BCUT2D eigenvalue weighted by molar-refractivity contribution is -0.183. The molecule has 4 aliphatic carbocycles. The number of methoxy groups -OCH3 is 1. The summed E-state index contributed by atoms with van der Waals surface area (Å²) in [6, 6.07) is 7.64. The van der Waals surface area contributed by atoms with Gasteiger partial charge in [0.1, 0.15) is 28.4 Å². The smallest absolute Gasteiger partial charge is 0.333 e. The number of benzene rings is 2. The number of halogens is 1. The highest BCUT2D eigenvalue weighted by Gasteiger charge is 2.84. The molecular weight excluding hydrogens is 810 g/mol. The summed E-state index contributed by atoms with van der Waals surface area (Å²) in [7, 11) is 1.34. The normalized spacial score (nSPS) is 30.9. The Labute approximate surface area is 354 Å². The van der Waals surface area contributed by atoms with E-state index in [0.29, 0.717) is 58.2 Å². The maximum atomic E-state index is 15.7. The average molecular weight is 863 g/mol. The van der Waals surface area contributed by atoms with Gasteiger partial charge in [-0.3, -0.25) is 14.6 Å². The van der Waals surface area contributed by atoms with E-state index in [1.807, 2.05) is 38.1 Å². The molecule has 10 heteroatoms. The third-order valence-electron chi connectivity index (χ3n) is 13.9. The molecule has 3 saturated carbocycles. The van der Waals surface area contributed by atoms with Gasteiger partial charge >= 0.3 is 5.97 Å². The summed E-state index contributed by atoms with van der Waals surface area (Å²) in [5.41, 5.74) is 4.38. The Morgan fingerprint density at radius 3 is 2.41 bits per heavy atom. The van der Waals surface area contributed by atoms with Gasteiger partial charge in [0, 0.05) is 52.0 Å². The number of nitrogens with zero attached hydrogens (tertiary/aromatic N) is 1. The topological polar surface area (TPSA) is 110 Å². The van der Waals surface area contributed by atoms with Crippen LogP contribution in [0, 0.1) is 23.7 Å². The van der Waals surface area contributed by atoms with Gasteiger partial charge in [-0.1, -0.05) is 53.6 Å². The fraction of sp³-hybridized carbons (Fsp3) is 0.469. The van der Waals surface area contributed by atoms with Crippen molar-refractivity contribution < 1.29 is 38.1 Å². The zero-order chi connectivity index (χ0) is 42.0. The molecule has 4 bridgehead atoms. The Balaban J connectivity index is 1.39. The molecule has 2 aromatic carbocycles. The van der Waals surface area contributed by atoms with E-state index in [9.17, 15) is 9.59 Å². The van der Waals surface area contributed by atoms with Gasteiger partial charge in [0.2, 0.25) is 0 Å². The van der Waals surface area contributed by atoms with E-state index in [4.69, 9.17) is 28.7 Å². The number of hydrogen-bond donors (Lipinski definition) is 0. The maximum Gasteiger partial charge on any atom is 0.333 e. The van der Waals surface area contributed by atoms with Gasteiger partial charge in [0.15, 0.2) is 22.8 Å². The largest absolute Gasteiger partial charge is 0.482 e. The van der Waals surface area contributed by atoms with Crippen LogP contribution in [-0.4, -0.2) is 58.3 Å². The van der Waals surface area contributed by atoms with E-state index in [1.54, 1.807) is 13.0 Å². The number of carbonyl (C=O) groups excluding carboxylic acids is 3. The van der Waals surface area contributed by atoms with Gasteiger partial charge in [-0.15, -0.1) is 0 Å². The molecule has 0 amide bonds. The zero-order valence-corrected chi connectivity index (χ0v) is 36.9. The van der Waals surface area contributed by atoms with Crippen molar-refractivity contribution in [3.8, 4) is 17.2 Å². The minimum atomic E-state index is -1.55. The molecule has 59 heavy (non-hydrogen) atoms. The lowest BCUT2D eigenvalue weighted by atomic mass is 9.43. The van der Waals surface area contributed by atoms with Crippen molar-refractivity contribution in [1.29, 1.82) is 0 Å². The van der Waals surface area contributed by atoms with Crippen molar-refractivity contribution in [2.45, 2.75) is 110 Å². The fourth-order valence-corrected chi connectivity index (χ4v) is 11.6. The Kier molecular flexibility index (Phi) is 9.29. The number of Topliss-reactive ketones (excluding diaryl/α,β-unsaturated/α-hetero) is 2. The summed E-state index contributed by atoms with van der Waals surface area (Å²) < 4.78 is 33.9. The Hall–Kier alpha value is -4.54. The number of alkyl halides is 1. The van der Waals surface area contributed by atoms with Crippen molar-refractivity contribution >= 4 is 51.0 Å². The first-order valence-electron chi connectivity index (χ1n) is 20.8. The third kappa shape index (κ3) is 5.50. The number of carbonyl (C=O) groups is 3. The predicted octanol–water partition coefficient (Wildman–Crippen LogP) is 9.89. The molecule has 9 nitrogen and oxygen atoms in total. The Morgan fingerprint density at radius 2 is 1.71 bits per heavy atom. The van der Waals surface area contributed by atoms with Crippen LogP contribution >= 0.6 is 15.9 Å². The van der Waals surface area contributed by atoms with E-state index >= 15 is 4.79 Å². The predicted molar refractivity (Wildman–Crippen MR) is 230 cm³/mol. The summed E-state index contributed by atoms with van der Waals surface area (Å²) in [5, 5.41) is 0. The van der Waals surface area contributed by atoms with Crippen LogP contribution in [0.3, 0.4) is 0 Å². The van der Waals surface area contributed by atoms with Crippen LogP contribution in [0.15, 0.2) is 75.9 Å². The molecule has 1 saturated heterocycles. The first-order chi connectivity index (χ1) is 28.0. The van der Waals surface area contributed by atoms with Gasteiger partial charge in [-0.05, 0) is 109 Å². The van der Waals surface area contributed by atoms with Gasteiger partial charge in [-0.25, -0.2) is 4.79 Å². The number of ketones is 2. The molecule has 7 unspecified atom stereocenters. The number of ether oxygens (including phenoxy) is 5. The molecule has 308 valence electrons. The molecule has 0 aromatic heterocycles. The Bertz CT molecular complexity index is 2440. The lowest BCUT2D eigenvalue weighted by Crippen LogP contribution is -2.75. The summed E-state index contributed by atoms with van der Waals surface area (Å²) in [6.07, 6.45) is 13.0. The number of esters is 1. The minimum absolute atomic E-state index is 0.0319. The van der Waals surface area contributed by atoms with Gasteiger partial charge in [-0.2, -0.15) is 0 Å². The molecule has 0 N–H and O–H groups in total. The van der Waals surface area contributed by atoms with E-state index in [0.717, 1.165) is 40.7 Å². The highest BCUT2D eigenvalue weighted by molar-refractivity contribution is 9.09. The molecule has 1 spiro atoms. The zero-order valence-electron chi connectivity index (χ0n) is 35.3. The number of fused-ring (bicyclic) bond motifs is 6. The third-order valence-corrected chi connectivity index (χ3v) is 14.1. The quantitative estimate of drug-likeness (QED) is 0.101. The highest BCUT2D eigenvalue weighted by atomic mass is 79.9. The van der Waals surface area contributed by atoms with Crippen LogP contribution in [-0.2, 0) is 25.5 Å². The first kappa shape index (κ1) is 39.9. The van der Waals surface area contributed by atoms with Crippen molar-refractivity contribution in [2.24, 2.45) is 28.7 Å². The highest BCUT2D eigenvalue weighted by Crippen LogP contribution is 2.74. The molecule has 4 aliphatic heterocycles. The van der Waals surface area contributed by atoms with E-state index in [2.05, 4.69) is 74.9 Å². The van der Waals surface area contributed by atoms with E-state index < -0.39 is 46.1 Å². The van der Waals surface area contributed by atoms with Crippen LogP contribution in [0.5, 0.6) is 17.2 Å². The standard InChI is InChI=1S/C49H52BrNO8/c1-25(2)13-12-20-47(8)21-19-31-41(57-47)30(17-16-26(3)4)43-36(42(31)56-24-50)39-37-34(35-38(51-39)28-14-10-11-15-29(28)40(35)52)32-23-33-46(6,7)59-48(44(32)53,49(33,37)58-43)22-18-27(5)45(54)55-9/h10-11,13-16,18-19,21,32-35H,12,17,20,22-24H2,1-9H3. The van der Waals surface area contributed by atoms with Crippen molar-refractivity contribution in [2.75, 3.05) is 12.6 Å². The number of aliphatic imine (C=N–C) groups is 1. The SMILES string of the molecule is COC(=O)C(C)=CCC12OC(C)(C)C3CC(C1=O)C1C4=C(N=C5c6ccccc6C(=O)C51)c1c(OCBr)c5c(c(CC=C(C)C)c1OC432)OC(C)(CCC=C(C)C)C=C5. The van der Waals surface area contributed by atoms with Crippen LogP contribution in [0.4, 0.5) is 0 Å². The van der Waals surface area contributed by atoms with Crippen LogP contribution < -0.4 is 14.2 Å². The summed E-state index contributed by atoms with van der Waals surface area (Å²) >= 11 is 3.59. The number of hydrogen-bond acceptors (Lipinski definition) is 9. The number of rotatable bonds is 10. The van der Waals surface area contributed by atoms with E-state index in [1.165, 1.54) is 12.7 Å². The first-order valence-corrected chi connectivity index (χ1v) is 21.9. The van der Waals surface area contributed by atoms with Gasteiger partial charge in [0.25, 0.3) is 0 Å². The molecule has 8 aliphatic rings. The van der Waals surface area contributed by atoms with Crippen LogP contribution in [0.2, 0.25) is 0 Å². The molecule has 2 aromatic rings. The second-order valence-electron chi connectivity index (χ2n) is 18.4. The van der Waals surface area contributed by atoms with E-state index in [-0.39, 0.29) is 29.4 Å². The van der Waals surface area contributed by atoms with Gasteiger partial charge < -0.3 is 23.7 Å². The average Bonchev–Trinajstić information content (AvgIpc) is 3.55. The van der Waals surface area contributed by atoms with Crippen molar-refractivity contribution in [1.82, 2.24) is 0 Å². The lowest BCUT2D eigenvalue weighted by Gasteiger charge is -2.62. The second-order valence-corrected chi connectivity index (χ2v) is 18.9. The summed E-state index contributed by atoms with van der Waals surface area (Å²) in [4.78, 5) is 48.8. The molecule has 0 radical (unpaired) electrons. The monoisotopic (exact) mass is 861 g/mol.